The summed E-state index contributed by atoms with van der Waals surface area (Å²) in [5.41, 5.74) is 6.09. The molecule has 3 nitrogen and oxygen atoms in total. The average molecular weight is 275 g/mol. The second-order valence-corrected chi connectivity index (χ2v) is 6.34. The predicted molar refractivity (Wildman–Crippen MR) is 63.2 cm³/mol. The van der Waals surface area contributed by atoms with Crippen LogP contribution in [0, 0.1) is 0 Å². The van der Waals surface area contributed by atoms with Gasteiger partial charge in [-0.05, 0) is 18.5 Å². The standard InChI is InChI=1S/C11H18NO2P.Ti/c1-2-15(13,14)11(8-9-12)10-6-4-3-5-7-10;/h3-7,11H,2,8-9,12H2,1H3,(H,13,14);. The molecular formula is C11H18NO2PTi. The van der Waals surface area contributed by atoms with E-state index in [9.17, 15) is 9.46 Å². The Labute approximate surface area is 112 Å². The third kappa shape index (κ3) is 4.16. The van der Waals surface area contributed by atoms with Gasteiger partial charge in [0.05, 0.1) is 5.66 Å². The van der Waals surface area contributed by atoms with Gasteiger partial charge >= 0.3 is 0 Å². The van der Waals surface area contributed by atoms with Crippen LogP contribution in [0.1, 0.15) is 24.6 Å². The molecule has 2 unspecified atom stereocenters. The molecule has 1 aromatic rings. The summed E-state index contributed by atoms with van der Waals surface area (Å²) < 4.78 is 12.0. The maximum atomic E-state index is 12.0. The summed E-state index contributed by atoms with van der Waals surface area (Å²) >= 11 is 0. The molecule has 0 bridgehead atoms. The molecule has 0 fully saturated rings. The first kappa shape index (κ1) is 16.1. The molecule has 88 valence electrons. The fraction of sp³-hybridized carbons (Fsp3) is 0.455. The van der Waals surface area contributed by atoms with Crippen LogP contribution in [0.4, 0.5) is 0 Å². The number of benzene rings is 1. The molecule has 1 rings (SSSR count). The van der Waals surface area contributed by atoms with E-state index < -0.39 is 7.37 Å². The fourth-order valence-corrected chi connectivity index (χ4v) is 3.29. The van der Waals surface area contributed by atoms with Crippen molar-refractivity contribution in [3.05, 3.63) is 35.9 Å². The van der Waals surface area contributed by atoms with Crippen LogP contribution < -0.4 is 5.73 Å². The zero-order valence-electron chi connectivity index (χ0n) is 9.47. The van der Waals surface area contributed by atoms with Crippen LogP contribution in [0.15, 0.2) is 30.3 Å². The Morgan fingerprint density at radius 2 is 1.94 bits per heavy atom. The van der Waals surface area contributed by atoms with Gasteiger partial charge < -0.3 is 10.6 Å². The predicted octanol–water partition coefficient (Wildman–Crippen LogP) is 2.36. The Hall–Kier alpha value is 0.0843. The van der Waals surface area contributed by atoms with Crippen molar-refractivity contribution in [1.82, 2.24) is 0 Å². The molecule has 0 saturated heterocycles. The van der Waals surface area contributed by atoms with Crippen molar-refractivity contribution < 1.29 is 31.2 Å². The normalized spacial score (nSPS) is 15.9. The van der Waals surface area contributed by atoms with Crippen molar-refractivity contribution in [2.45, 2.75) is 19.0 Å². The molecule has 0 saturated carbocycles. The smallest absolute Gasteiger partial charge is 0.207 e. The first-order valence-corrected chi connectivity index (χ1v) is 7.09. The van der Waals surface area contributed by atoms with Crippen LogP contribution in [0.2, 0.25) is 0 Å². The molecule has 0 heterocycles. The van der Waals surface area contributed by atoms with Crippen LogP contribution in [0.25, 0.3) is 0 Å². The summed E-state index contributed by atoms with van der Waals surface area (Å²) in [5, 5.41) is 0. The van der Waals surface area contributed by atoms with E-state index in [1.807, 2.05) is 30.3 Å². The van der Waals surface area contributed by atoms with Crippen molar-refractivity contribution in [3.8, 4) is 0 Å². The molecule has 3 N–H and O–H groups in total. The topological polar surface area (TPSA) is 63.3 Å². The largest absolute Gasteiger partial charge is 0.344 e. The molecule has 0 aliphatic heterocycles. The number of hydrogen-bond donors (Lipinski definition) is 2. The Balaban J connectivity index is 0.00000225. The summed E-state index contributed by atoms with van der Waals surface area (Å²) in [6.07, 6.45) is 0.859. The molecule has 16 heavy (non-hydrogen) atoms. The summed E-state index contributed by atoms with van der Waals surface area (Å²) in [6.45, 7) is 2.18. The van der Waals surface area contributed by atoms with Gasteiger partial charge in [-0.15, -0.1) is 0 Å². The molecule has 0 radical (unpaired) electrons. The van der Waals surface area contributed by atoms with Crippen molar-refractivity contribution in [2.24, 2.45) is 5.73 Å². The van der Waals surface area contributed by atoms with Crippen molar-refractivity contribution >= 4 is 7.37 Å². The van der Waals surface area contributed by atoms with Gasteiger partial charge in [-0.3, -0.25) is 4.57 Å². The molecule has 1 aromatic carbocycles. The minimum absolute atomic E-state index is 0. The van der Waals surface area contributed by atoms with Gasteiger partial charge in [-0.1, -0.05) is 37.3 Å². The Kier molecular flexibility index (Phi) is 7.46. The molecule has 0 aliphatic carbocycles. The molecule has 5 heteroatoms. The van der Waals surface area contributed by atoms with Gasteiger partial charge in [0, 0.05) is 27.9 Å². The third-order valence-corrected chi connectivity index (χ3v) is 5.00. The van der Waals surface area contributed by atoms with Crippen molar-refractivity contribution in [2.75, 3.05) is 12.7 Å². The van der Waals surface area contributed by atoms with Gasteiger partial charge in [-0.25, -0.2) is 0 Å². The van der Waals surface area contributed by atoms with Gasteiger partial charge in [0.2, 0.25) is 7.37 Å². The van der Waals surface area contributed by atoms with Crippen molar-refractivity contribution in [3.63, 3.8) is 0 Å². The number of nitrogens with two attached hydrogens (primary N) is 1. The van der Waals surface area contributed by atoms with Crippen LogP contribution in [0.5, 0.6) is 0 Å². The zero-order chi connectivity index (χ0) is 11.3. The molecule has 2 atom stereocenters. The Bertz CT molecular complexity index is 345. The first-order chi connectivity index (χ1) is 7.11. The van der Waals surface area contributed by atoms with Crippen LogP contribution in [-0.4, -0.2) is 17.6 Å². The second kappa shape index (κ2) is 7.42. The molecule has 0 aliphatic rings. The van der Waals surface area contributed by atoms with E-state index in [2.05, 4.69) is 0 Å². The average Bonchev–Trinajstić information content (AvgIpc) is 2.27. The Morgan fingerprint density at radius 1 is 1.38 bits per heavy atom. The summed E-state index contributed by atoms with van der Waals surface area (Å²) in [6, 6.07) is 9.44. The van der Waals surface area contributed by atoms with E-state index in [0.29, 0.717) is 19.1 Å². The van der Waals surface area contributed by atoms with E-state index in [0.717, 1.165) is 5.56 Å². The van der Waals surface area contributed by atoms with E-state index in [1.165, 1.54) is 0 Å². The van der Waals surface area contributed by atoms with E-state index in [4.69, 9.17) is 5.73 Å². The van der Waals surface area contributed by atoms with Gasteiger partial charge in [0.25, 0.3) is 0 Å². The van der Waals surface area contributed by atoms with Gasteiger partial charge in [0.1, 0.15) is 0 Å². The molecule has 0 amide bonds. The minimum Gasteiger partial charge on any atom is -0.344 e. The van der Waals surface area contributed by atoms with Gasteiger partial charge in [-0.2, -0.15) is 0 Å². The second-order valence-electron chi connectivity index (χ2n) is 3.58. The van der Waals surface area contributed by atoms with Crippen LogP contribution >= 0.6 is 7.37 Å². The van der Waals surface area contributed by atoms with Crippen molar-refractivity contribution in [1.29, 1.82) is 0 Å². The summed E-state index contributed by atoms with van der Waals surface area (Å²) in [7, 11) is -3.10. The van der Waals surface area contributed by atoms with E-state index in [-0.39, 0.29) is 27.4 Å². The zero-order valence-corrected chi connectivity index (χ0v) is 11.9. The summed E-state index contributed by atoms with van der Waals surface area (Å²) in [5.74, 6) is 0. The third-order valence-electron chi connectivity index (χ3n) is 2.56. The van der Waals surface area contributed by atoms with Crippen LogP contribution in [-0.2, 0) is 26.3 Å². The molecule has 0 aromatic heterocycles. The van der Waals surface area contributed by atoms with Crippen LogP contribution in [0.3, 0.4) is 0 Å². The first-order valence-electron chi connectivity index (χ1n) is 5.18. The maximum Gasteiger partial charge on any atom is 0.207 e. The number of rotatable bonds is 5. The molecular weight excluding hydrogens is 257 g/mol. The molecule has 0 spiro atoms. The Morgan fingerprint density at radius 3 is 2.38 bits per heavy atom. The maximum absolute atomic E-state index is 12.0. The SMILES string of the molecule is CCP(=O)(O)C(CCN)c1ccccc1.[Ti]. The fourth-order valence-electron chi connectivity index (χ4n) is 1.65. The van der Waals surface area contributed by atoms with E-state index >= 15 is 0 Å². The quantitative estimate of drug-likeness (QED) is 0.640. The summed E-state index contributed by atoms with van der Waals surface area (Å²) in [4.78, 5) is 9.87. The monoisotopic (exact) mass is 275 g/mol. The van der Waals surface area contributed by atoms with E-state index in [1.54, 1.807) is 6.92 Å². The number of hydrogen-bond acceptors (Lipinski definition) is 2. The van der Waals surface area contributed by atoms with Gasteiger partial charge in [0.15, 0.2) is 0 Å². The minimum atomic E-state index is -3.10.